The minimum atomic E-state index is 0.516. The van der Waals surface area contributed by atoms with E-state index in [0.717, 1.165) is 36.2 Å². The highest BCUT2D eigenvalue weighted by atomic mass is 32.2. The Bertz CT molecular complexity index is 327. The van der Waals surface area contributed by atoms with Crippen molar-refractivity contribution in [2.45, 2.75) is 24.8 Å². The third-order valence-electron chi connectivity index (χ3n) is 2.58. The molecule has 0 saturated carbocycles. The highest BCUT2D eigenvalue weighted by molar-refractivity contribution is 7.99. The minimum absolute atomic E-state index is 0.516. The summed E-state index contributed by atoms with van der Waals surface area (Å²) in [4.78, 5) is 12.2. The van der Waals surface area contributed by atoms with Gasteiger partial charge >= 0.3 is 0 Å². The Hall–Kier alpha value is -0.810. The predicted octanol–water partition coefficient (Wildman–Crippen LogP) is 1.39. The molecule has 1 aliphatic heterocycles. The largest absolute Gasteiger partial charge is 0.338 e. The van der Waals surface area contributed by atoms with Gasteiger partial charge in [-0.1, -0.05) is 6.92 Å². The lowest BCUT2D eigenvalue weighted by atomic mass is 10.2. The van der Waals surface area contributed by atoms with E-state index in [9.17, 15) is 0 Å². The van der Waals surface area contributed by atoms with Crippen LogP contribution < -0.4 is 10.2 Å². The molecule has 1 aliphatic rings. The van der Waals surface area contributed by atoms with Crippen LogP contribution in [0.3, 0.4) is 0 Å². The topological polar surface area (TPSA) is 41.1 Å². The number of anilines is 1. The van der Waals surface area contributed by atoms with Crippen LogP contribution >= 0.6 is 11.8 Å². The summed E-state index contributed by atoms with van der Waals surface area (Å²) in [6, 6.07) is 0.516. The Labute approximate surface area is 101 Å². The second-order valence-electron chi connectivity index (χ2n) is 3.95. The molecule has 0 spiro atoms. The average Bonchev–Trinajstić information content (AvgIpc) is 2.30. The summed E-state index contributed by atoms with van der Waals surface area (Å²) >= 11 is 1.78. The van der Waals surface area contributed by atoms with E-state index < -0.39 is 0 Å². The van der Waals surface area contributed by atoms with Gasteiger partial charge in [-0.15, -0.1) is 11.8 Å². The number of piperazine rings is 1. The van der Waals surface area contributed by atoms with Crippen LogP contribution in [-0.4, -0.2) is 41.4 Å². The molecule has 5 heteroatoms. The number of thioether (sulfide) groups is 1. The van der Waals surface area contributed by atoms with E-state index in [-0.39, 0.29) is 0 Å². The van der Waals surface area contributed by atoms with Gasteiger partial charge in [0, 0.05) is 43.0 Å². The fourth-order valence-electron chi connectivity index (χ4n) is 1.83. The number of rotatable bonds is 3. The van der Waals surface area contributed by atoms with Crippen molar-refractivity contribution in [2.24, 2.45) is 0 Å². The van der Waals surface area contributed by atoms with E-state index in [1.807, 2.05) is 12.4 Å². The number of nitrogens with one attached hydrogen (secondary N) is 1. The molecule has 0 bridgehead atoms. The number of aromatic nitrogens is 2. The van der Waals surface area contributed by atoms with Crippen molar-refractivity contribution in [1.82, 2.24) is 15.3 Å². The summed E-state index contributed by atoms with van der Waals surface area (Å²) in [5, 5.41) is 3.41. The van der Waals surface area contributed by atoms with Crippen molar-refractivity contribution in [2.75, 3.05) is 30.3 Å². The monoisotopic (exact) mass is 238 g/mol. The van der Waals surface area contributed by atoms with E-state index >= 15 is 0 Å². The number of nitrogens with zero attached hydrogens (tertiary/aromatic N) is 3. The molecule has 16 heavy (non-hydrogen) atoms. The van der Waals surface area contributed by atoms with E-state index in [2.05, 4.69) is 34.0 Å². The molecule has 2 rings (SSSR count). The average molecular weight is 238 g/mol. The maximum Gasteiger partial charge on any atom is 0.225 e. The van der Waals surface area contributed by atoms with E-state index in [1.54, 1.807) is 11.8 Å². The summed E-state index contributed by atoms with van der Waals surface area (Å²) in [5.41, 5.74) is 0. The van der Waals surface area contributed by atoms with Crippen molar-refractivity contribution >= 4 is 17.7 Å². The Morgan fingerprint density at radius 2 is 2.25 bits per heavy atom. The maximum absolute atomic E-state index is 4.42. The molecule has 0 aromatic carbocycles. The lowest BCUT2D eigenvalue weighted by molar-refractivity contribution is 0.479. The third-order valence-corrected chi connectivity index (χ3v) is 3.41. The molecule has 2 heterocycles. The van der Waals surface area contributed by atoms with Crippen LogP contribution in [0, 0.1) is 0 Å². The second-order valence-corrected chi connectivity index (χ2v) is 5.29. The van der Waals surface area contributed by atoms with Gasteiger partial charge in [-0.2, -0.15) is 0 Å². The molecule has 1 aromatic rings. The summed E-state index contributed by atoms with van der Waals surface area (Å²) < 4.78 is 0. The smallest absolute Gasteiger partial charge is 0.225 e. The molecule has 1 saturated heterocycles. The predicted molar refractivity (Wildman–Crippen MR) is 68.1 cm³/mol. The SMILES string of the molecule is CCSc1cnc(N2CCNC(C)C2)nc1. The molecule has 88 valence electrons. The third kappa shape index (κ3) is 2.86. The number of hydrogen-bond donors (Lipinski definition) is 1. The molecule has 4 nitrogen and oxygen atoms in total. The van der Waals surface area contributed by atoms with Gasteiger partial charge in [-0.3, -0.25) is 0 Å². The van der Waals surface area contributed by atoms with Gasteiger partial charge in [0.05, 0.1) is 0 Å². The van der Waals surface area contributed by atoms with Crippen molar-refractivity contribution < 1.29 is 0 Å². The lowest BCUT2D eigenvalue weighted by Crippen LogP contribution is -2.49. The second kappa shape index (κ2) is 5.50. The zero-order valence-corrected chi connectivity index (χ0v) is 10.6. The lowest BCUT2D eigenvalue weighted by Gasteiger charge is -2.31. The summed E-state index contributed by atoms with van der Waals surface area (Å²) in [6.45, 7) is 7.31. The molecule has 1 N–H and O–H groups in total. The Morgan fingerprint density at radius 1 is 1.50 bits per heavy atom. The first kappa shape index (κ1) is 11.7. The van der Waals surface area contributed by atoms with E-state index in [4.69, 9.17) is 0 Å². The normalized spacial score (nSPS) is 21.1. The van der Waals surface area contributed by atoms with Crippen LogP contribution in [-0.2, 0) is 0 Å². The van der Waals surface area contributed by atoms with Gasteiger partial charge in [0.1, 0.15) is 0 Å². The Morgan fingerprint density at radius 3 is 2.88 bits per heavy atom. The van der Waals surface area contributed by atoms with Crippen LogP contribution in [0.1, 0.15) is 13.8 Å². The number of hydrogen-bond acceptors (Lipinski definition) is 5. The standard InChI is InChI=1S/C11H18N4S/c1-3-16-10-6-13-11(14-7-10)15-5-4-12-9(2)8-15/h6-7,9,12H,3-5,8H2,1-2H3. The van der Waals surface area contributed by atoms with Gasteiger partial charge < -0.3 is 10.2 Å². The first-order chi connectivity index (χ1) is 7.79. The van der Waals surface area contributed by atoms with Crippen LogP contribution in [0.4, 0.5) is 5.95 Å². The van der Waals surface area contributed by atoms with E-state index in [1.165, 1.54) is 0 Å². The van der Waals surface area contributed by atoms with Crippen molar-refractivity contribution in [3.63, 3.8) is 0 Å². The first-order valence-corrected chi connectivity index (χ1v) is 6.71. The van der Waals surface area contributed by atoms with Crippen molar-refractivity contribution in [3.05, 3.63) is 12.4 Å². The highest BCUT2D eigenvalue weighted by Crippen LogP contribution is 2.17. The zero-order valence-electron chi connectivity index (χ0n) is 9.81. The van der Waals surface area contributed by atoms with Gasteiger partial charge in [-0.25, -0.2) is 9.97 Å². The fourth-order valence-corrected chi connectivity index (χ4v) is 2.42. The quantitative estimate of drug-likeness (QED) is 0.806. The van der Waals surface area contributed by atoms with Crippen LogP contribution in [0.25, 0.3) is 0 Å². The minimum Gasteiger partial charge on any atom is -0.338 e. The Kier molecular flexibility index (Phi) is 4.01. The summed E-state index contributed by atoms with van der Waals surface area (Å²) in [7, 11) is 0. The molecule has 0 amide bonds. The van der Waals surface area contributed by atoms with Gasteiger partial charge in [-0.05, 0) is 12.7 Å². The van der Waals surface area contributed by atoms with Crippen LogP contribution in [0.5, 0.6) is 0 Å². The maximum atomic E-state index is 4.42. The van der Waals surface area contributed by atoms with E-state index in [0.29, 0.717) is 6.04 Å². The van der Waals surface area contributed by atoms with Crippen LogP contribution in [0.15, 0.2) is 17.3 Å². The molecular formula is C11H18N4S. The molecule has 1 unspecified atom stereocenters. The molecule has 1 atom stereocenters. The van der Waals surface area contributed by atoms with Crippen molar-refractivity contribution in [3.8, 4) is 0 Å². The molecule has 0 radical (unpaired) electrons. The van der Waals surface area contributed by atoms with Crippen LogP contribution in [0.2, 0.25) is 0 Å². The van der Waals surface area contributed by atoms with Crippen molar-refractivity contribution in [1.29, 1.82) is 0 Å². The highest BCUT2D eigenvalue weighted by Gasteiger charge is 2.17. The first-order valence-electron chi connectivity index (χ1n) is 5.72. The Balaban J connectivity index is 2.03. The zero-order chi connectivity index (χ0) is 11.4. The summed E-state index contributed by atoms with van der Waals surface area (Å²) in [6.07, 6.45) is 3.84. The fraction of sp³-hybridized carbons (Fsp3) is 0.636. The molecular weight excluding hydrogens is 220 g/mol. The van der Waals surface area contributed by atoms with Gasteiger partial charge in [0.15, 0.2) is 0 Å². The summed E-state index contributed by atoms with van der Waals surface area (Å²) in [5.74, 6) is 1.92. The molecule has 1 fully saturated rings. The van der Waals surface area contributed by atoms with Gasteiger partial charge in [0.2, 0.25) is 5.95 Å². The molecule has 1 aromatic heterocycles. The van der Waals surface area contributed by atoms with Gasteiger partial charge in [0.25, 0.3) is 0 Å². The molecule has 0 aliphatic carbocycles.